The van der Waals surface area contributed by atoms with Crippen LogP contribution in [0, 0.1) is 0 Å². The Morgan fingerprint density at radius 2 is 1.95 bits per heavy atom. The van der Waals surface area contributed by atoms with E-state index in [1.54, 1.807) is 0 Å². The molecular weight excluding hydrogens is 248 g/mol. The first-order valence-corrected chi connectivity index (χ1v) is 6.90. The zero-order valence-corrected chi connectivity index (χ0v) is 11.7. The van der Waals surface area contributed by atoms with Gasteiger partial charge in [-0.2, -0.15) is 0 Å². The Labute approximate surface area is 113 Å². The van der Waals surface area contributed by atoms with Crippen molar-refractivity contribution in [3.63, 3.8) is 0 Å². The van der Waals surface area contributed by atoms with Crippen LogP contribution in [0.2, 0.25) is 0 Å². The largest absolute Gasteiger partial charge is 0.480 e. The van der Waals surface area contributed by atoms with E-state index in [0.29, 0.717) is 26.1 Å². The van der Waals surface area contributed by atoms with Gasteiger partial charge in [0, 0.05) is 6.61 Å². The van der Waals surface area contributed by atoms with Crippen molar-refractivity contribution in [3.8, 4) is 0 Å². The van der Waals surface area contributed by atoms with Crippen LogP contribution in [-0.4, -0.2) is 41.9 Å². The van der Waals surface area contributed by atoms with E-state index in [2.05, 4.69) is 10.6 Å². The fourth-order valence-corrected chi connectivity index (χ4v) is 2.36. The van der Waals surface area contributed by atoms with Gasteiger partial charge in [0.1, 0.15) is 5.54 Å². The van der Waals surface area contributed by atoms with Crippen molar-refractivity contribution in [2.75, 3.05) is 13.2 Å². The molecule has 0 radical (unpaired) electrons. The number of hydrogen-bond acceptors (Lipinski definition) is 3. The molecule has 0 aromatic carbocycles. The minimum atomic E-state index is -1.10. The highest BCUT2D eigenvalue weighted by Gasteiger charge is 2.41. The summed E-state index contributed by atoms with van der Waals surface area (Å²) in [4.78, 5) is 23.3. The highest BCUT2D eigenvalue weighted by atomic mass is 16.5. The first-order chi connectivity index (χ1) is 9.00. The summed E-state index contributed by atoms with van der Waals surface area (Å²) < 4.78 is 5.20. The molecule has 0 aliphatic heterocycles. The normalized spacial score (nSPS) is 19.5. The van der Waals surface area contributed by atoms with Crippen LogP contribution in [0.1, 0.15) is 46.0 Å². The fourth-order valence-electron chi connectivity index (χ4n) is 2.36. The lowest BCUT2D eigenvalue weighted by Crippen LogP contribution is -2.59. The lowest BCUT2D eigenvalue weighted by molar-refractivity contribution is -0.145. The van der Waals surface area contributed by atoms with Crippen molar-refractivity contribution in [1.29, 1.82) is 0 Å². The molecular formula is C13H24N2O4. The quantitative estimate of drug-likeness (QED) is 0.683. The Hall–Kier alpha value is -1.30. The van der Waals surface area contributed by atoms with E-state index in [9.17, 15) is 14.7 Å². The van der Waals surface area contributed by atoms with Crippen LogP contribution in [0.5, 0.6) is 0 Å². The molecule has 0 spiro atoms. The van der Waals surface area contributed by atoms with E-state index in [1.165, 1.54) is 0 Å². The molecule has 1 atom stereocenters. The molecule has 6 heteroatoms. The van der Waals surface area contributed by atoms with Gasteiger partial charge in [0.2, 0.25) is 0 Å². The van der Waals surface area contributed by atoms with Gasteiger partial charge >= 0.3 is 12.0 Å². The summed E-state index contributed by atoms with van der Waals surface area (Å²) in [6.45, 7) is 4.72. The molecule has 1 unspecified atom stereocenters. The molecule has 0 aromatic heterocycles. The van der Waals surface area contributed by atoms with Gasteiger partial charge in [-0.25, -0.2) is 9.59 Å². The number of ether oxygens (including phenoxy) is 1. The van der Waals surface area contributed by atoms with E-state index in [4.69, 9.17) is 4.74 Å². The standard InChI is InChI=1S/C13H24N2O4/c1-3-19-9-10(2)14-12(18)15-13(11(16)17)7-5-4-6-8-13/h10H,3-9H2,1-2H3,(H,16,17)(H2,14,15,18). The van der Waals surface area contributed by atoms with Crippen LogP contribution in [0.3, 0.4) is 0 Å². The van der Waals surface area contributed by atoms with Gasteiger partial charge in [-0.05, 0) is 26.7 Å². The number of aliphatic carboxylic acids is 1. The average molecular weight is 272 g/mol. The van der Waals surface area contributed by atoms with Crippen LogP contribution in [-0.2, 0) is 9.53 Å². The zero-order valence-electron chi connectivity index (χ0n) is 11.7. The summed E-state index contributed by atoms with van der Waals surface area (Å²) in [5, 5.41) is 14.7. The Morgan fingerprint density at radius 1 is 1.32 bits per heavy atom. The maximum absolute atomic E-state index is 11.9. The molecule has 0 bridgehead atoms. The second-order valence-corrected chi connectivity index (χ2v) is 5.11. The summed E-state index contributed by atoms with van der Waals surface area (Å²) in [6, 6.07) is -0.578. The Bertz CT molecular complexity index is 314. The molecule has 3 N–H and O–H groups in total. The van der Waals surface area contributed by atoms with Crippen molar-refractivity contribution in [2.45, 2.75) is 57.5 Å². The summed E-state index contributed by atoms with van der Waals surface area (Å²) >= 11 is 0. The minimum absolute atomic E-state index is 0.144. The first-order valence-electron chi connectivity index (χ1n) is 6.90. The average Bonchev–Trinajstić information content (AvgIpc) is 2.37. The first kappa shape index (κ1) is 15.8. The van der Waals surface area contributed by atoms with Crippen molar-refractivity contribution in [1.82, 2.24) is 10.6 Å². The summed E-state index contributed by atoms with van der Waals surface area (Å²) in [6.07, 6.45) is 3.69. The van der Waals surface area contributed by atoms with E-state index in [0.717, 1.165) is 19.3 Å². The number of urea groups is 1. The lowest BCUT2D eigenvalue weighted by atomic mass is 9.82. The van der Waals surface area contributed by atoms with Crippen molar-refractivity contribution in [2.24, 2.45) is 0 Å². The van der Waals surface area contributed by atoms with Gasteiger partial charge in [0.15, 0.2) is 0 Å². The maximum Gasteiger partial charge on any atom is 0.329 e. The van der Waals surface area contributed by atoms with E-state index >= 15 is 0 Å². The van der Waals surface area contributed by atoms with E-state index < -0.39 is 17.5 Å². The van der Waals surface area contributed by atoms with Gasteiger partial charge in [0.25, 0.3) is 0 Å². The summed E-state index contributed by atoms with van der Waals surface area (Å²) in [5.41, 5.74) is -1.10. The van der Waals surface area contributed by atoms with Gasteiger partial charge in [-0.3, -0.25) is 0 Å². The van der Waals surface area contributed by atoms with Gasteiger partial charge < -0.3 is 20.5 Å². The van der Waals surface area contributed by atoms with Crippen molar-refractivity contribution < 1.29 is 19.4 Å². The molecule has 0 heterocycles. The second-order valence-electron chi connectivity index (χ2n) is 5.11. The molecule has 6 nitrogen and oxygen atoms in total. The Kier molecular flexibility index (Phi) is 6.08. The molecule has 1 fully saturated rings. The molecule has 1 rings (SSSR count). The molecule has 1 aliphatic rings. The topological polar surface area (TPSA) is 87.7 Å². The smallest absolute Gasteiger partial charge is 0.329 e. The van der Waals surface area contributed by atoms with E-state index in [-0.39, 0.29) is 6.04 Å². The third-order valence-corrected chi connectivity index (χ3v) is 3.42. The Balaban J connectivity index is 2.50. The third kappa shape index (κ3) is 4.70. The summed E-state index contributed by atoms with van der Waals surface area (Å²) in [5.74, 6) is -0.945. The SMILES string of the molecule is CCOCC(C)NC(=O)NC1(C(=O)O)CCCCC1. The molecule has 0 aromatic rings. The fraction of sp³-hybridized carbons (Fsp3) is 0.846. The minimum Gasteiger partial charge on any atom is -0.480 e. The number of carboxylic acids is 1. The number of rotatable bonds is 6. The van der Waals surface area contributed by atoms with Gasteiger partial charge in [0.05, 0.1) is 12.6 Å². The van der Waals surface area contributed by atoms with Crippen LogP contribution in [0.25, 0.3) is 0 Å². The monoisotopic (exact) mass is 272 g/mol. The molecule has 19 heavy (non-hydrogen) atoms. The number of nitrogens with one attached hydrogen (secondary N) is 2. The summed E-state index contributed by atoms with van der Waals surface area (Å²) in [7, 11) is 0. The van der Waals surface area contributed by atoms with Gasteiger partial charge in [-0.15, -0.1) is 0 Å². The second kappa shape index (κ2) is 7.33. The van der Waals surface area contributed by atoms with Gasteiger partial charge in [-0.1, -0.05) is 19.3 Å². The number of carbonyl (C=O) groups is 2. The number of carboxylic acid groups (broad SMARTS) is 1. The molecule has 1 saturated carbocycles. The molecule has 1 aliphatic carbocycles. The molecule has 0 saturated heterocycles. The molecule has 110 valence electrons. The predicted molar refractivity (Wildman–Crippen MR) is 71.1 cm³/mol. The predicted octanol–water partition coefficient (Wildman–Crippen LogP) is 1.50. The molecule has 2 amide bonds. The zero-order chi connectivity index (χ0) is 14.3. The lowest BCUT2D eigenvalue weighted by Gasteiger charge is -2.34. The number of hydrogen-bond donors (Lipinski definition) is 3. The highest BCUT2D eigenvalue weighted by molar-refractivity contribution is 5.86. The van der Waals surface area contributed by atoms with Crippen molar-refractivity contribution in [3.05, 3.63) is 0 Å². The van der Waals surface area contributed by atoms with Crippen LogP contribution >= 0.6 is 0 Å². The van der Waals surface area contributed by atoms with Crippen LogP contribution < -0.4 is 10.6 Å². The Morgan fingerprint density at radius 3 is 2.47 bits per heavy atom. The maximum atomic E-state index is 11.9. The van der Waals surface area contributed by atoms with Crippen LogP contribution in [0.4, 0.5) is 4.79 Å². The van der Waals surface area contributed by atoms with E-state index in [1.807, 2.05) is 13.8 Å². The third-order valence-electron chi connectivity index (χ3n) is 3.42. The highest BCUT2D eigenvalue weighted by Crippen LogP contribution is 2.28. The van der Waals surface area contributed by atoms with Crippen molar-refractivity contribution >= 4 is 12.0 Å². The number of amides is 2. The van der Waals surface area contributed by atoms with Crippen LogP contribution in [0.15, 0.2) is 0 Å². The number of carbonyl (C=O) groups excluding carboxylic acids is 1.